The molecule has 2 aromatic carbocycles. The van der Waals surface area contributed by atoms with Crippen LogP contribution in [-0.2, 0) is 6.42 Å². The predicted octanol–water partition coefficient (Wildman–Crippen LogP) is 3.90. The molecule has 1 heterocycles. The first-order chi connectivity index (χ1) is 9.65. The van der Waals surface area contributed by atoms with Crippen LogP contribution in [0, 0.1) is 5.82 Å². The van der Waals surface area contributed by atoms with Crippen LogP contribution in [0.25, 0.3) is 11.1 Å². The number of halogens is 2. The van der Waals surface area contributed by atoms with Crippen molar-refractivity contribution in [2.75, 3.05) is 0 Å². The first kappa shape index (κ1) is 13.1. The predicted molar refractivity (Wildman–Crippen MR) is 74.1 cm³/mol. The number of hydrogen-bond donors (Lipinski definition) is 1. The topological polar surface area (TPSA) is 46.3 Å². The van der Waals surface area contributed by atoms with Crippen molar-refractivity contribution < 1.29 is 13.9 Å². The van der Waals surface area contributed by atoms with Crippen LogP contribution in [0.15, 0.2) is 46.9 Å². The Morgan fingerprint density at radius 2 is 2.00 bits per heavy atom. The highest BCUT2D eigenvalue weighted by molar-refractivity contribution is 6.31. The number of oxazole rings is 1. The summed E-state index contributed by atoms with van der Waals surface area (Å²) in [6.45, 7) is 0. The van der Waals surface area contributed by atoms with E-state index in [1.54, 1.807) is 12.1 Å². The third kappa shape index (κ3) is 2.40. The maximum atomic E-state index is 13.4. The van der Waals surface area contributed by atoms with Crippen molar-refractivity contribution in [2.24, 2.45) is 0 Å². The summed E-state index contributed by atoms with van der Waals surface area (Å²) in [5.41, 5.74) is 1.70. The van der Waals surface area contributed by atoms with E-state index in [4.69, 9.17) is 16.0 Å². The summed E-state index contributed by atoms with van der Waals surface area (Å²) in [5.74, 6) is -0.167. The number of benzene rings is 2. The van der Waals surface area contributed by atoms with Crippen LogP contribution in [0.5, 0.6) is 0 Å². The average Bonchev–Trinajstić information content (AvgIpc) is 2.83. The Kier molecular flexibility index (Phi) is 3.42. The molecule has 3 aromatic rings. The number of rotatable bonds is 3. The lowest BCUT2D eigenvalue weighted by Crippen LogP contribution is -2.03. The molecular weight excluding hydrogens is 281 g/mol. The summed E-state index contributed by atoms with van der Waals surface area (Å²) < 4.78 is 18.9. The molecule has 0 fully saturated rings. The van der Waals surface area contributed by atoms with Crippen LogP contribution in [0.1, 0.15) is 17.6 Å². The largest absolute Gasteiger partial charge is 0.441 e. The van der Waals surface area contributed by atoms with Crippen molar-refractivity contribution in [1.29, 1.82) is 0 Å². The smallest absolute Gasteiger partial charge is 0.198 e. The fraction of sp³-hybridized carbons (Fsp3) is 0.133. The molecule has 0 saturated heterocycles. The second-order valence-corrected chi connectivity index (χ2v) is 4.82. The van der Waals surface area contributed by atoms with Crippen molar-refractivity contribution in [1.82, 2.24) is 4.98 Å². The van der Waals surface area contributed by atoms with E-state index in [1.807, 2.05) is 18.2 Å². The standard InChI is InChI=1S/C15H11ClFNO2/c16-15-9(4-3-5-10(15)17)12(19)8-14-18-11-6-1-2-7-13(11)20-14/h1-7,12,19H,8H2. The zero-order valence-corrected chi connectivity index (χ0v) is 11.1. The normalized spacial score (nSPS) is 12.8. The molecule has 0 amide bonds. The minimum Gasteiger partial charge on any atom is -0.441 e. The number of hydrogen-bond acceptors (Lipinski definition) is 3. The number of nitrogens with zero attached hydrogens (tertiary/aromatic N) is 1. The first-order valence-corrected chi connectivity index (χ1v) is 6.49. The van der Waals surface area contributed by atoms with Gasteiger partial charge < -0.3 is 9.52 Å². The summed E-state index contributed by atoms with van der Waals surface area (Å²) in [4.78, 5) is 4.27. The van der Waals surface area contributed by atoms with Crippen LogP contribution in [0.4, 0.5) is 4.39 Å². The SMILES string of the molecule is OC(Cc1nc2ccccc2o1)c1cccc(F)c1Cl. The van der Waals surface area contributed by atoms with E-state index in [0.717, 1.165) is 5.52 Å². The maximum absolute atomic E-state index is 13.4. The summed E-state index contributed by atoms with van der Waals surface area (Å²) in [5, 5.41) is 10.1. The molecule has 3 nitrogen and oxygen atoms in total. The van der Waals surface area contributed by atoms with E-state index < -0.39 is 11.9 Å². The van der Waals surface area contributed by atoms with Gasteiger partial charge in [-0.05, 0) is 18.2 Å². The Morgan fingerprint density at radius 3 is 2.80 bits per heavy atom. The Labute approximate surface area is 119 Å². The third-order valence-electron chi connectivity index (χ3n) is 3.05. The molecule has 3 rings (SSSR count). The van der Waals surface area contributed by atoms with E-state index in [-0.39, 0.29) is 11.4 Å². The van der Waals surface area contributed by atoms with E-state index >= 15 is 0 Å². The molecule has 102 valence electrons. The van der Waals surface area contributed by atoms with Crippen molar-refractivity contribution in [3.05, 3.63) is 64.8 Å². The van der Waals surface area contributed by atoms with E-state index in [0.29, 0.717) is 17.0 Å². The summed E-state index contributed by atoms with van der Waals surface area (Å²) >= 11 is 5.85. The molecule has 0 aliphatic rings. The number of aliphatic hydroxyl groups excluding tert-OH is 1. The van der Waals surface area contributed by atoms with Gasteiger partial charge in [0.2, 0.25) is 0 Å². The monoisotopic (exact) mass is 291 g/mol. The van der Waals surface area contributed by atoms with Crippen molar-refractivity contribution >= 4 is 22.7 Å². The maximum Gasteiger partial charge on any atom is 0.198 e. The molecule has 1 atom stereocenters. The van der Waals surface area contributed by atoms with Crippen LogP contribution in [0.3, 0.4) is 0 Å². The second-order valence-electron chi connectivity index (χ2n) is 4.44. The van der Waals surface area contributed by atoms with Crippen LogP contribution in [0.2, 0.25) is 5.02 Å². The van der Waals surface area contributed by atoms with Gasteiger partial charge in [-0.3, -0.25) is 0 Å². The number of para-hydroxylation sites is 2. The average molecular weight is 292 g/mol. The van der Waals surface area contributed by atoms with Crippen LogP contribution >= 0.6 is 11.6 Å². The Balaban J connectivity index is 1.88. The Hall–Kier alpha value is -1.91. The second kappa shape index (κ2) is 5.23. The number of aliphatic hydroxyl groups is 1. The van der Waals surface area contributed by atoms with Gasteiger partial charge in [0.1, 0.15) is 11.3 Å². The van der Waals surface area contributed by atoms with Gasteiger partial charge in [-0.15, -0.1) is 0 Å². The van der Waals surface area contributed by atoms with Gasteiger partial charge in [0.05, 0.1) is 17.5 Å². The highest BCUT2D eigenvalue weighted by Crippen LogP contribution is 2.28. The Bertz CT molecular complexity index is 723. The van der Waals surface area contributed by atoms with Crippen molar-refractivity contribution in [3.63, 3.8) is 0 Å². The number of fused-ring (bicyclic) bond motifs is 1. The highest BCUT2D eigenvalue weighted by Gasteiger charge is 2.17. The zero-order chi connectivity index (χ0) is 14.1. The van der Waals surface area contributed by atoms with Gasteiger partial charge in [-0.25, -0.2) is 9.37 Å². The molecule has 0 aliphatic carbocycles. The van der Waals surface area contributed by atoms with Gasteiger partial charge in [0.15, 0.2) is 11.5 Å². The molecule has 1 aromatic heterocycles. The lowest BCUT2D eigenvalue weighted by atomic mass is 10.1. The van der Waals surface area contributed by atoms with Gasteiger partial charge in [0, 0.05) is 5.56 Å². The van der Waals surface area contributed by atoms with Gasteiger partial charge in [0.25, 0.3) is 0 Å². The van der Waals surface area contributed by atoms with Crippen molar-refractivity contribution in [2.45, 2.75) is 12.5 Å². The summed E-state index contributed by atoms with van der Waals surface area (Å²) in [7, 11) is 0. The van der Waals surface area contributed by atoms with E-state index in [9.17, 15) is 9.50 Å². The zero-order valence-electron chi connectivity index (χ0n) is 10.4. The fourth-order valence-electron chi connectivity index (χ4n) is 2.06. The molecule has 1 N–H and O–H groups in total. The van der Waals surface area contributed by atoms with Crippen LogP contribution < -0.4 is 0 Å². The molecular formula is C15H11ClFNO2. The van der Waals surface area contributed by atoms with Crippen LogP contribution in [-0.4, -0.2) is 10.1 Å². The lowest BCUT2D eigenvalue weighted by Gasteiger charge is -2.10. The quantitative estimate of drug-likeness (QED) is 0.796. The minimum absolute atomic E-state index is 0.0730. The molecule has 0 spiro atoms. The van der Waals surface area contributed by atoms with Gasteiger partial charge in [-0.2, -0.15) is 0 Å². The van der Waals surface area contributed by atoms with Gasteiger partial charge in [-0.1, -0.05) is 35.9 Å². The van der Waals surface area contributed by atoms with E-state index in [1.165, 1.54) is 12.1 Å². The molecule has 0 bridgehead atoms. The fourth-order valence-corrected chi connectivity index (χ4v) is 2.31. The summed E-state index contributed by atoms with van der Waals surface area (Å²) in [6.07, 6.45) is -0.830. The van der Waals surface area contributed by atoms with Gasteiger partial charge >= 0.3 is 0 Å². The third-order valence-corrected chi connectivity index (χ3v) is 3.45. The molecule has 0 aliphatic heterocycles. The van der Waals surface area contributed by atoms with Crippen molar-refractivity contribution in [3.8, 4) is 0 Å². The summed E-state index contributed by atoms with van der Waals surface area (Å²) in [6, 6.07) is 11.7. The first-order valence-electron chi connectivity index (χ1n) is 6.11. The van der Waals surface area contributed by atoms with E-state index in [2.05, 4.69) is 4.98 Å². The Morgan fingerprint density at radius 1 is 1.20 bits per heavy atom. The molecule has 0 saturated carbocycles. The lowest BCUT2D eigenvalue weighted by molar-refractivity contribution is 0.169. The molecule has 1 unspecified atom stereocenters. The number of aromatic nitrogens is 1. The molecule has 0 radical (unpaired) electrons. The molecule has 5 heteroatoms. The minimum atomic E-state index is -0.966. The highest BCUT2D eigenvalue weighted by atomic mass is 35.5. The molecule has 20 heavy (non-hydrogen) atoms.